The van der Waals surface area contributed by atoms with Crippen molar-refractivity contribution in [3.8, 4) is 6.07 Å². The van der Waals surface area contributed by atoms with Crippen LogP contribution in [-0.4, -0.2) is 37.0 Å². The highest BCUT2D eigenvalue weighted by atomic mass is 16.2. The summed E-state index contributed by atoms with van der Waals surface area (Å²) in [4.78, 5) is 16.5. The van der Waals surface area contributed by atoms with Crippen molar-refractivity contribution in [1.82, 2.24) is 4.90 Å². The maximum absolute atomic E-state index is 12.3. The molecule has 0 bridgehead atoms. The molecule has 1 aromatic carbocycles. The molecule has 0 unspecified atom stereocenters. The molecule has 1 heterocycles. The van der Waals surface area contributed by atoms with E-state index in [1.807, 2.05) is 4.90 Å². The number of aryl methyl sites for hydroxylation is 1. The minimum atomic E-state index is -0.675. The van der Waals surface area contributed by atoms with E-state index in [-0.39, 0.29) is 5.91 Å². The zero-order valence-corrected chi connectivity index (χ0v) is 11.8. The molecule has 0 N–H and O–H groups in total. The lowest BCUT2D eigenvalue weighted by molar-refractivity contribution is -0.135. The highest BCUT2D eigenvalue weighted by Crippen LogP contribution is 2.46. The number of piperazine rings is 1. The summed E-state index contributed by atoms with van der Waals surface area (Å²) in [7, 11) is 0. The molecular formula is C16H19N3O. The van der Waals surface area contributed by atoms with E-state index >= 15 is 0 Å². The number of hydrogen-bond acceptors (Lipinski definition) is 3. The van der Waals surface area contributed by atoms with Crippen LogP contribution < -0.4 is 4.90 Å². The maximum Gasteiger partial charge on any atom is 0.243 e. The van der Waals surface area contributed by atoms with Crippen LogP contribution in [-0.2, 0) is 4.79 Å². The van der Waals surface area contributed by atoms with E-state index in [0.717, 1.165) is 39.0 Å². The molecule has 0 radical (unpaired) electrons. The van der Waals surface area contributed by atoms with Crippen molar-refractivity contribution in [2.75, 3.05) is 31.1 Å². The minimum Gasteiger partial charge on any atom is -0.368 e. The first-order chi connectivity index (χ1) is 9.64. The molecule has 20 heavy (non-hydrogen) atoms. The lowest BCUT2D eigenvalue weighted by Gasteiger charge is -2.37. The second-order valence-electron chi connectivity index (χ2n) is 5.81. The molecule has 4 heteroatoms. The molecule has 0 spiro atoms. The van der Waals surface area contributed by atoms with E-state index in [1.165, 1.54) is 11.3 Å². The Bertz CT molecular complexity index is 563. The predicted molar refractivity (Wildman–Crippen MR) is 77.3 cm³/mol. The minimum absolute atomic E-state index is 0.0453. The monoisotopic (exact) mass is 269 g/mol. The number of carbonyl (C=O) groups is 1. The van der Waals surface area contributed by atoms with Crippen molar-refractivity contribution in [2.24, 2.45) is 5.41 Å². The summed E-state index contributed by atoms with van der Waals surface area (Å²) in [5.74, 6) is 0.0453. The average molecular weight is 269 g/mol. The number of rotatable bonds is 2. The Morgan fingerprint density at radius 1 is 1.25 bits per heavy atom. The van der Waals surface area contributed by atoms with Gasteiger partial charge in [-0.25, -0.2) is 0 Å². The van der Waals surface area contributed by atoms with Crippen LogP contribution in [0.5, 0.6) is 0 Å². The van der Waals surface area contributed by atoms with Crippen LogP contribution in [0.3, 0.4) is 0 Å². The number of nitriles is 1. The van der Waals surface area contributed by atoms with Crippen LogP contribution in [0.15, 0.2) is 24.3 Å². The second kappa shape index (κ2) is 4.82. The van der Waals surface area contributed by atoms with Gasteiger partial charge in [-0.1, -0.05) is 12.1 Å². The summed E-state index contributed by atoms with van der Waals surface area (Å²) in [6.07, 6.45) is 1.47. The fourth-order valence-electron chi connectivity index (χ4n) is 2.79. The molecule has 4 nitrogen and oxygen atoms in total. The zero-order valence-electron chi connectivity index (χ0n) is 11.8. The standard InChI is InChI=1S/C16H19N3O/c1-13-3-2-4-14(11-13)18-7-9-19(10-8-18)15(20)16(12-17)5-6-16/h2-4,11H,5-10H2,1H3. The fraction of sp³-hybridized carbons (Fsp3) is 0.500. The molecule has 104 valence electrons. The first-order valence-electron chi connectivity index (χ1n) is 7.17. The Balaban J connectivity index is 1.63. The largest absolute Gasteiger partial charge is 0.368 e. The number of hydrogen-bond donors (Lipinski definition) is 0. The van der Waals surface area contributed by atoms with Gasteiger partial charge in [0, 0.05) is 31.9 Å². The molecule has 1 saturated heterocycles. The molecule has 0 atom stereocenters. The van der Waals surface area contributed by atoms with Crippen molar-refractivity contribution in [3.05, 3.63) is 29.8 Å². The summed E-state index contributed by atoms with van der Waals surface area (Å²) >= 11 is 0. The highest BCUT2D eigenvalue weighted by molar-refractivity contribution is 5.88. The SMILES string of the molecule is Cc1cccc(N2CCN(C(=O)C3(C#N)CC3)CC2)c1. The van der Waals surface area contributed by atoms with E-state index in [9.17, 15) is 4.79 Å². The lowest BCUT2D eigenvalue weighted by Crippen LogP contribution is -2.50. The van der Waals surface area contributed by atoms with Gasteiger partial charge in [-0.05, 0) is 37.5 Å². The van der Waals surface area contributed by atoms with E-state index in [1.54, 1.807) is 0 Å². The van der Waals surface area contributed by atoms with Gasteiger partial charge in [-0.3, -0.25) is 4.79 Å². The maximum atomic E-state index is 12.3. The van der Waals surface area contributed by atoms with Gasteiger partial charge >= 0.3 is 0 Å². The molecule has 3 rings (SSSR count). The summed E-state index contributed by atoms with van der Waals surface area (Å²) in [5, 5.41) is 9.11. The number of carbonyl (C=O) groups excluding carboxylic acids is 1. The molecule has 1 saturated carbocycles. The third kappa shape index (κ3) is 2.24. The number of nitrogens with zero attached hydrogens (tertiary/aromatic N) is 3. The van der Waals surface area contributed by atoms with Gasteiger partial charge in [0.05, 0.1) is 6.07 Å². The Hall–Kier alpha value is -2.02. The summed E-state index contributed by atoms with van der Waals surface area (Å²) in [6, 6.07) is 10.6. The summed E-state index contributed by atoms with van der Waals surface area (Å²) in [6.45, 7) is 5.22. The molecule has 1 aliphatic heterocycles. The lowest BCUT2D eigenvalue weighted by atomic mass is 10.1. The Labute approximate surface area is 119 Å². The third-order valence-corrected chi connectivity index (χ3v) is 4.31. The Morgan fingerprint density at radius 2 is 1.95 bits per heavy atom. The molecule has 0 aromatic heterocycles. The predicted octanol–water partition coefficient (Wildman–Crippen LogP) is 1.95. The van der Waals surface area contributed by atoms with Crippen LogP contribution in [0.2, 0.25) is 0 Å². The van der Waals surface area contributed by atoms with Crippen LogP contribution in [0.25, 0.3) is 0 Å². The van der Waals surface area contributed by atoms with Gasteiger partial charge in [0.25, 0.3) is 0 Å². The molecule has 2 fully saturated rings. The van der Waals surface area contributed by atoms with E-state index < -0.39 is 5.41 Å². The molecule has 1 aromatic rings. The van der Waals surface area contributed by atoms with Crippen molar-refractivity contribution < 1.29 is 4.79 Å². The van der Waals surface area contributed by atoms with E-state index in [2.05, 4.69) is 42.2 Å². The fourth-order valence-corrected chi connectivity index (χ4v) is 2.79. The van der Waals surface area contributed by atoms with E-state index in [0.29, 0.717) is 0 Å². The quantitative estimate of drug-likeness (QED) is 0.824. The van der Waals surface area contributed by atoms with Gasteiger partial charge in [0.15, 0.2) is 0 Å². The van der Waals surface area contributed by atoms with E-state index in [4.69, 9.17) is 5.26 Å². The summed E-state index contributed by atoms with van der Waals surface area (Å²) < 4.78 is 0. The van der Waals surface area contributed by atoms with Crippen molar-refractivity contribution in [2.45, 2.75) is 19.8 Å². The van der Waals surface area contributed by atoms with Crippen molar-refractivity contribution in [3.63, 3.8) is 0 Å². The molecular weight excluding hydrogens is 250 g/mol. The van der Waals surface area contributed by atoms with Gasteiger partial charge in [0.2, 0.25) is 5.91 Å². The Kier molecular flexibility index (Phi) is 3.13. The van der Waals surface area contributed by atoms with Crippen molar-refractivity contribution in [1.29, 1.82) is 5.26 Å². The number of anilines is 1. The van der Waals surface area contributed by atoms with Crippen LogP contribution in [0.1, 0.15) is 18.4 Å². The number of amides is 1. The topological polar surface area (TPSA) is 47.3 Å². The van der Waals surface area contributed by atoms with Crippen LogP contribution >= 0.6 is 0 Å². The molecule has 1 amide bonds. The third-order valence-electron chi connectivity index (χ3n) is 4.31. The van der Waals surface area contributed by atoms with Gasteiger partial charge < -0.3 is 9.80 Å². The first-order valence-corrected chi connectivity index (χ1v) is 7.17. The van der Waals surface area contributed by atoms with Gasteiger partial charge in [-0.2, -0.15) is 5.26 Å². The second-order valence-corrected chi connectivity index (χ2v) is 5.81. The van der Waals surface area contributed by atoms with Gasteiger partial charge in [-0.15, -0.1) is 0 Å². The Morgan fingerprint density at radius 3 is 2.50 bits per heavy atom. The molecule has 1 aliphatic carbocycles. The summed E-state index contributed by atoms with van der Waals surface area (Å²) in [5.41, 5.74) is 1.80. The number of benzene rings is 1. The molecule has 2 aliphatic rings. The van der Waals surface area contributed by atoms with Crippen molar-refractivity contribution >= 4 is 11.6 Å². The van der Waals surface area contributed by atoms with Crippen LogP contribution in [0, 0.1) is 23.7 Å². The zero-order chi connectivity index (χ0) is 14.2. The van der Waals surface area contributed by atoms with Gasteiger partial charge in [0.1, 0.15) is 5.41 Å². The normalized spacial score (nSPS) is 20.4. The highest BCUT2D eigenvalue weighted by Gasteiger charge is 2.52. The first kappa shape index (κ1) is 13.0. The average Bonchev–Trinajstić information content (AvgIpc) is 3.28. The smallest absolute Gasteiger partial charge is 0.243 e. The van der Waals surface area contributed by atoms with Crippen LogP contribution in [0.4, 0.5) is 5.69 Å².